The highest BCUT2D eigenvalue weighted by Gasteiger charge is 2.23. The third kappa shape index (κ3) is 2.86. The molecule has 0 atom stereocenters. The van der Waals surface area contributed by atoms with Crippen LogP contribution in [0.3, 0.4) is 0 Å². The van der Waals surface area contributed by atoms with Crippen LogP contribution in [0.25, 0.3) is 11.0 Å². The van der Waals surface area contributed by atoms with E-state index in [1.807, 2.05) is 23.1 Å². The molecule has 1 amide bonds. The van der Waals surface area contributed by atoms with Crippen LogP contribution < -0.4 is 5.73 Å². The van der Waals surface area contributed by atoms with E-state index in [-0.39, 0.29) is 5.91 Å². The fourth-order valence-corrected chi connectivity index (χ4v) is 2.69. The number of hydrogen-bond acceptors (Lipinski definition) is 5. The zero-order valence-corrected chi connectivity index (χ0v) is 11.9. The first-order chi connectivity index (χ1) is 10.3. The summed E-state index contributed by atoms with van der Waals surface area (Å²) >= 11 is 0. The van der Waals surface area contributed by atoms with E-state index in [1.54, 1.807) is 12.4 Å². The molecule has 0 spiro atoms. The number of carbonyl (C=O) groups excluding carboxylic acids is 1. The molecule has 2 heterocycles. The Morgan fingerprint density at radius 3 is 2.67 bits per heavy atom. The third-order valence-electron chi connectivity index (χ3n) is 3.83. The van der Waals surface area contributed by atoms with Crippen molar-refractivity contribution in [1.29, 1.82) is 0 Å². The van der Waals surface area contributed by atoms with E-state index >= 15 is 0 Å². The number of nitrogens with two attached hydrogens (primary N) is 1. The molecule has 2 N–H and O–H groups in total. The predicted molar refractivity (Wildman–Crippen MR) is 80.9 cm³/mol. The minimum absolute atomic E-state index is 0.0356. The van der Waals surface area contributed by atoms with E-state index in [2.05, 4.69) is 14.9 Å². The number of hydrogen-bond donors (Lipinski definition) is 1. The lowest BCUT2D eigenvalue weighted by molar-refractivity contribution is 0.0642. The Labute approximate surface area is 123 Å². The number of fused-ring (bicyclic) bond motifs is 1. The summed E-state index contributed by atoms with van der Waals surface area (Å²) in [7, 11) is 0. The van der Waals surface area contributed by atoms with Crippen LogP contribution in [0.4, 0.5) is 0 Å². The van der Waals surface area contributed by atoms with Crippen LogP contribution in [0.15, 0.2) is 30.6 Å². The monoisotopic (exact) mass is 285 g/mol. The predicted octanol–water partition coefficient (Wildman–Crippen LogP) is 0.346. The molecule has 0 bridgehead atoms. The SMILES string of the molecule is NCCN1CCN(C(=O)c2cccc3nccnc23)CC1. The summed E-state index contributed by atoms with van der Waals surface area (Å²) in [6, 6.07) is 5.55. The fourth-order valence-electron chi connectivity index (χ4n) is 2.69. The molecule has 6 heteroatoms. The standard InChI is InChI=1S/C15H19N5O/c16-4-7-19-8-10-20(11-9-19)15(21)12-2-1-3-13-14(12)18-6-5-17-13/h1-3,5-6H,4,7-11,16H2. The number of rotatable bonds is 3. The molecule has 1 aliphatic heterocycles. The summed E-state index contributed by atoms with van der Waals surface area (Å²) in [4.78, 5) is 25.4. The third-order valence-corrected chi connectivity index (χ3v) is 3.83. The molecular weight excluding hydrogens is 266 g/mol. The Hall–Kier alpha value is -2.05. The van der Waals surface area contributed by atoms with Gasteiger partial charge in [-0.2, -0.15) is 0 Å². The van der Waals surface area contributed by atoms with Crippen LogP contribution in [-0.2, 0) is 0 Å². The van der Waals surface area contributed by atoms with E-state index < -0.39 is 0 Å². The van der Waals surface area contributed by atoms with Crippen LogP contribution in [0.1, 0.15) is 10.4 Å². The Kier molecular flexibility index (Phi) is 4.08. The van der Waals surface area contributed by atoms with Crippen LogP contribution in [0, 0.1) is 0 Å². The maximum Gasteiger partial charge on any atom is 0.256 e. The Bertz CT molecular complexity index is 632. The number of aromatic nitrogens is 2. The average Bonchev–Trinajstić information content (AvgIpc) is 2.55. The molecule has 0 aliphatic carbocycles. The van der Waals surface area contributed by atoms with Crippen LogP contribution in [0.2, 0.25) is 0 Å². The first kappa shape index (κ1) is 13.9. The summed E-state index contributed by atoms with van der Waals surface area (Å²) < 4.78 is 0. The van der Waals surface area contributed by atoms with E-state index in [0.29, 0.717) is 17.6 Å². The molecule has 1 aromatic carbocycles. The molecule has 6 nitrogen and oxygen atoms in total. The Morgan fingerprint density at radius 2 is 1.90 bits per heavy atom. The van der Waals surface area contributed by atoms with Gasteiger partial charge in [-0.25, -0.2) is 0 Å². The molecule has 0 radical (unpaired) electrons. The summed E-state index contributed by atoms with van der Waals surface area (Å²) in [5.74, 6) is 0.0356. The first-order valence-corrected chi connectivity index (χ1v) is 7.21. The maximum atomic E-state index is 12.7. The molecule has 1 aliphatic rings. The van der Waals surface area contributed by atoms with Gasteiger partial charge in [0.15, 0.2) is 0 Å². The van der Waals surface area contributed by atoms with Gasteiger partial charge in [0.25, 0.3) is 5.91 Å². The molecule has 1 aromatic heterocycles. The van der Waals surface area contributed by atoms with Gasteiger partial charge in [-0.05, 0) is 12.1 Å². The lowest BCUT2D eigenvalue weighted by Crippen LogP contribution is -2.49. The number of benzene rings is 1. The van der Waals surface area contributed by atoms with Gasteiger partial charge in [-0.3, -0.25) is 19.7 Å². The highest BCUT2D eigenvalue weighted by molar-refractivity contribution is 6.04. The number of carbonyl (C=O) groups is 1. The van der Waals surface area contributed by atoms with Crippen molar-refractivity contribution >= 4 is 16.9 Å². The minimum atomic E-state index is 0.0356. The van der Waals surface area contributed by atoms with Crippen molar-refractivity contribution in [1.82, 2.24) is 19.8 Å². The van der Waals surface area contributed by atoms with E-state index in [1.165, 1.54) is 0 Å². The molecule has 0 unspecified atom stereocenters. The highest BCUT2D eigenvalue weighted by atomic mass is 16.2. The zero-order valence-electron chi connectivity index (χ0n) is 11.9. The Balaban J connectivity index is 1.79. The summed E-state index contributed by atoms with van der Waals surface area (Å²) in [6.45, 7) is 4.76. The fraction of sp³-hybridized carbons (Fsp3) is 0.400. The zero-order chi connectivity index (χ0) is 14.7. The normalized spacial score (nSPS) is 16.3. The van der Waals surface area contributed by atoms with Gasteiger partial charge in [0.1, 0.15) is 5.52 Å². The van der Waals surface area contributed by atoms with Gasteiger partial charge >= 0.3 is 0 Å². The number of para-hydroxylation sites is 1. The maximum absolute atomic E-state index is 12.7. The quantitative estimate of drug-likeness (QED) is 0.880. The van der Waals surface area contributed by atoms with Crippen LogP contribution in [-0.4, -0.2) is 64.9 Å². The van der Waals surface area contributed by atoms with Crippen molar-refractivity contribution in [3.8, 4) is 0 Å². The number of nitrogens with zero attached hydrogens (tertiary/aromatic N) is 4. The van der Waals surface area contributed by atoms with Crippen molar-refractivity contribution in [2.24, 2.45) is 5.73 Å². The van der Waals surface area contributed by atoms with E-state index in [0.717, 1.165) is 38.2 Å². The largest absolute Gasteiger partial charge is 0.336 e. The topological polar surface area (TPSA) is 75.3 Å². The minimum Gasteiger partial charge on any atom is -0.336 e. The number of piperazine rings is 1. The second-order valence-electron chi connectivity index (χ2n) is 5.15. The average molecular weight is 285 g/mol. The van der Waals surface area contributed by atoms with Gasteiger partial charge in [0.2, 0.25) is 0 Å². The molecule has 1 saturated heterocycles. The van der Waals surface area contributed by atoms with Crippen molar-refractivity contribution in [2.75, 3.05) is 39.3 Å². The van der Waals surface area contributed by atoms with Gasteiger partial charge in [0.05, 0.1) is 11.1 Å². The molecule has 2 aromatic rings. The smallest absolute Gasteiger partial charge is 0.256 e. The van der Waals surface area contributed by atoms with E-state index in [4.69, 9.17) is 5.73 Å². The second-order valence-corrected chi connectivity index (χ2v) is 5.15. The lowest BCUT2D eigenvalue weighted by Gasteiger charge is -2.34. The molecule has 21 heavy (non-hydrogen) atoms. The van der Waals surface area contributed by atoms with Crippen molar-refractivity contribution < 1.29 is 4.79 Å². The summed E-state index contributed by atoms with van der Waals surface area (Å²) in [5, 5.41) is 0. The van der Waals surface area contributed by atoms with Gasteiger partial charge in [-0.15, -0.1) is 0 Å². The lowest BCUT2D eigenvalue weighted by atomic mass is 10.1. The second kappa shape index (κ2) is 6.15. The summed E-state index contributed by atoms with van der Waals surface area (Å²) in [6.07, 6.45) is 3.26. The molecule has 3 rings (SSSR count). The molecule has 110 valence electrons. The summed E-state index contributed by atoms with van der Waals surface area (Å²) in [5.41, 5.74) is 7.63. The molecule has 0 saturated carbocycles. The van der Waals surface area contributed by atoms with Crippen LogP contribution >= 0.6 is 0 Å². The van der Waals surface area contributed by atoms with E-state index in [9.17, 15) is 4.79 Å². The Morgan fingerprint density at radius 1 is 1.14 bits per heavy atom. The molecular formula is C15H19N5O. The van der Waals surface area contributed by atoms with Gasteiger partial charge in [0, 0.05) is 51.7 Å². The highest BCUT2D eigenvalue weighted by Crippen LogP contribution is 2.17. The first-order valence-electron chi connectivity index (χ1n) is 7.21. The van der Waals surface area contributed by atoms with Gasteiger partial charge in [-0.1, -0.05) is 6.07 Å². The number of amides is 1. The van der Waals surface area contributed by atoms with Crippen LogP contribution in [0.5, 0.6) is 0 Å². The van der Waals surface area contributed by atoms with Crippen molar-refractivity contribution in [3.05, 3.63) is 36.2 Å². The van der Waals surface area contributed by atoms with Crippen molar-refractivity contribution in [3.63, 3.8) is 0 Å². The molecule has 1 fully saturated rings. The van der Waals surface area contributed by atoms with Crippen molar-refractivity contribution in [2.45, 2.75) is 0 Å². The van der Waals surface area contributed by atoms with Gasteiger partial charge < -0.3 is 10.6 Å².